The average Bonchev–Trinajstić information content (AvgIpc) is 3.17. The monoisotopic (exact) mass is 316 g/mol. The number of carbonyl (C=O) groups excluding carboxylic acids is 1. The van der Waals surface area contributed by atoms with Crippen molar-refractivity contribution >= 4 is 29.3 Å². The molecule has 114 valence electrons. The van der Waals surface area contributed by atoms with Crippen LogP contribution in [0.1, 0.15) is 18.1 Å². The summed E-state index contributed by atoms with van der Waals surface area (Å²) in [6, 6.07) is 0. The summed E-state index contributed by atoms with van der Waals surface area (Å²) in [5.74, 6) is -0.141. The van der Waals surface area contributed by atoms with E-state index >= 15 is 0 Å². The molecule has 1 fully saturated rings. The second-order valence-corrected chi connectivity index (χ2v) is 5.42. The van der Waals surface area contributed by atoms with Gasteiger partial charge in [-0.05, 0) is 25.2 Å². The summed E-state index contributed by atoms with van der Waals surface area (Å²) in [6.45, 7) is 3.22. The SMILES string of the molecule is CCn1cc(CN2C(=O)C(=Cc3cnn(C)c3)NC2=S)cn1. The van der Waals surface area contributed by atoms with Crippen molar-refractivity contribution in [3.05, 3.63) is 41.6 Å². The van der Waals surface area contributed by atoms with Gasteiger partial charge in [-0.2, -0.15) is 10.2 Å². The van der Waals surface area contributed by atoms with Crippen molar-refractivity contribution < 1.29 is 4.79 Å². The van der Waals surface area contributed by atoms with Crippen molar-refractivity contribution in [3.8, 4) is 0 Å². The van der Waals surface area contributed by atoms with E-state index in [9.17, 15) is 4.79 Å². The first-order chi connectivity index (χ1) is 10.6. The molecule has 1 aliphatic rings. The van der Waals surface area contributed by atoms with Gasteiger partial charge in [0, 0.05) is 37.1 Å². The highest BCUT2D eigenvalue weighted by Gasteiger charge is 2.30. The van der Waals surface area contributed by atoms with Crippen LogP contribution in [-0.2, 0) is 24.9 Å². The topological polar surface area (TPSA) is 68.0 Å². The van der Waals surface area contributed by atoms with Gasteiger partial charge in [-0.1, -0.05) is 0 Å². The fraction of sp³-hybridized carbons (Fsp3) is 0.286. The van der Waals surface area contributed by atoms with Crippen LogP contribution in [0.4, 0.5) is 0 Å². The van der Waals surface area contributed by atoms with Gasteiger partial charge in [0.2, 0.25) is 0 Å². The van der Waals surface area contributed by atoms with E-state index in [1.54, 1.807) is 23.2 Å². The van der Waals surface area contributed by atoms with E-state index in [0.717, 1.165) is 17.7 Å². The molecule has 0 radical (unpaired) electrons. The Bertz CT molecular complexity index is 759. The van der Waals surface area contributed by atoms with Crippen molar-refractivity contribution in [2.75, 3.05) is 0 Å². The zero-order valence-electron chi connectivity index (χ0n) is 12.4. The van der Waals surface area contributed by atoms with Gasteiger partial charge in [0.1, 0.15) is 5.70 Å². The lowest BCUT2D eigenvalue weighted by molar-refractivity contribution is -0.122. The Kier molecular flexibility index (Phi) is 3.76. The third kappa shape index (κ3) is 2.77. The zero-order valence-corrected chi connectivity index (χ0v) is 13.2. The van der Waals surface area contributed by atoms with E-state index in [2.05, 4.69) is 15.5 Å². The predicted octanol–water partition coefficient (Wildman–Crippen LogP) is 0.894. The summed E-state index contributed by atoms with van der Waals surface area (Å²) in [5.41, 5.74) is 2.25. The predicted molar refractivity (Wildman–Crippen MR) is 85.4 cm³/mol. The Morgan fingerprint density at radius 1 is 1.32 bits per heavy atom. The molecule has 0 unspecified atom stereocenters. The summed E-state index contributed by atoms with van der Waals surface area (Å²) in [4.78, 5) is 14.0. The van der Waals surface area contributed by atoms with Crippen LogP contribution in [0, 0.1) is 0 Å². The Hall–Kier alpha value is -2.48. The van der Waals surface area contributed by atoms with Crippen LogP contribution in [0.2, 0.25) is 0 Å². The molecule has 0 aliphatic carbocycles. The summed E-state index contributed by atoms with van der Waals surface area (Å²) in [5, 5.41) is 11.6. The normalized spacial score (nSPS) is 16.6. The smallest absolute Gasteiger partial charge is 0.276 e. The number of carbonyl (C=O) groups is 1. The van der Waals surface area contributed by atoms with Crippen molar-refractivity contribution in [3.63, 3.8) is 0 Å². The number of aryl methyl sites for hydroxylation is 2. The molecule has 8 heteroatoms. The molecule has 1 aliphatic heterocycles. The van der Waals surface area contributed by atoms with Gasteiger partial charge in [-0.15, -0.1) is 0 Å². The van der Waals surface area contributed by atoms with Crippen molar-refractivity contribution in [2.45, 2.75) is 20.0 Å². The van der Waals surface area contributed by atoms with Gasteiger partial charge in [0.25, 0.3) is 5.91 Å². The second-order valence-electron chi connectivity index (χ2n) is 5.03. The number of hydrogen-bond acceptors (Lipinski definition) is 4. The molecule has 2 aromatic heterocycles. The van der Waals surface area contributed by atoms with Crippen molar-refractivity contribution in [1.29, 1.82) is 0 Å². The molecule has 0 saturated carbocycles. The largest absolute Gasteiger partial charge is 0.328 e. The fourth-order valence-electron chi connectivity index (χ4n) is 2.24. The third-order valence-electron chi connectivity index (χ3n) is 3.35. The average molecular weight is 316 g/mol. The highest BCUT2D eigenvalue weighted by atomic mass is 32.1. The highest BCUT2D eigenvalue weighted by molar-refractivity contribution is 7.80. The number of rotatable bonds is 4. The van der Waals surface area contributed by atoms with E-state index in [-0.39, 0.29) is 5.91 Å². The van der Waals surface area contributed by atoms with Crippen LogP contribution in [0.25, 0.3) is 6.08 Å². The fourth-order valence-corrected chi connectivity index (χ4v) is 2.50. The molecule has 3 rings (SSSR count). The first-order valence-electron chi connectivity index (χ1n) is 6.91. The lowest BCUT2D eigenvalue weighted by Gasteiger charge is -2.12. The van der Waals surface area contributed by atoms with Gasteiger partial charge in [-0.25, -0.2) is 0 Å². The van der Waals surface area contributed by atoms with Gasteiger partial charge in [0.15, 0.2) is 5.11 Å². The molecule has 3 heterocycles. The number of thiocarbonyl (C=S) groups is 1. The minimum atomic E-state index is -0.141. The zero-order chi connectivity index (χ0) is 15.7. The molecule has 1 amide bonds. The van der Waals surface area contributed by atoms with E-state index < -0.39 is 0 Å². The molecule has 7 nitrogen and oxygen atoms in total. The van der Waals surface area contributed by atoms with Crippen LogP contribution >= 0.6 is 12.2 Å². The van der Waals surface area contributed by atoms with E-state index in [4.69, 9.17) is 12.2 Å². The standard InChI is InChI=1S/C14H16N6OS/c1-3-19-8-11(6-16-19)9-20-13(21)12(17-14(20)22)4-10-5-15-18(2)7-10/h4-8H,3,9H2,1-2H3,(H,17,22). The van der Waals surface area contributed by atoms with Crippen LogP contribution in [0.5, 0.6) is 0 Å². The Labute approximate surface area is 133 Å². The second kappa shape index (κ2) is 5.72. The Morgan fingerprint density at radius 3 is 2.77 bits per heavy atom. The molecule has 0 atom stereocenters. The lowest BCUT2D eigenvalue weighted by atomic mass is 10.2. The Balaban J connectivity index is 1.78. The Morgan fingerprint density at radius 2 is 2.14 bits per heavy atom. The van der Waals surface area contributed by atoms with Crippen LogP contribution < -0.4 is 5.32 Å². The quantitative estimate of drug-likeness (QED) is 0.670. The van der Waals surface area contributed by atoms with Crippen LogP contribution in [-0.4, -0.2) is 35.5 Å². The summed E-state index contributed by atoms with van der Waals surface area (Å²) < 4.78 is 3.50. The maximum atomic E-state index is 12.5. The molecule has 1 N–H and O–H groups in total. The van der Waals surface area contributed by atoms with Gasteiger partial charge >= 0.3 is 0 Å². The van der Waals surface area contributed by atoms with Crippen LogP contribution in [0.3, 0.4) is 0 Å². The number of nitrogens with one attached hydrogen (secondary N) is 1. The molecule has 2 aromatic rings. The number of aromatic nitrogens is 4. The number of nitrogens with zero attached hydrogens (tertiary/aromatic N) is 5. The molecule has 1 saturated heterocycles. The molecular weight excluding hydrogens is 300 g/mol. The summed E-state index contributed by atoms with van der Waals surface area (Å²) >= 11 is 5.26. The summed E-state index contributed by atoms with van der Waals surface area (Å²) in [7, 11) is 1.83. The van der Waals surface area contributed by atoms with Gasteiger partial charge in [-0.3, -0.25) is 19.1 Å². The molecule has 0 spiro atoms. The lowest BCUT2D eigenvalue weighted by Crippen LogP contribution is -2.29. The first-order valence-corrected chi connectivity index (χ1v) is 7.32. The molecule has 0 bridgehead atoms. The van der Waals surface area contributed by atoms with Crippen LogP contribution in [0.15, 0.2) is 30.5 Å². The molecule has 0 aromatic carbocycles. The third-order valence-corrected chi connectivity index (χ3v) is 3.67. The van der Waals surface area contributed by atoms with Gasteiger partial charge < -0.3 is 5.32 Å². The van der Waals surface area contributed by atoms with E-state index in [0.29, 0.717) is 17.4 Å². The van der Waals surface area contributed by atoms with E-state index in [1.165, 1.54) is 4.90 Å². The molecular formula is C14H16N6OS. The molecule has 22 heavy (non-hydrogen) atoms. The number of hydrogen-bond donors (Lipinski definition) is 1. The maximum Gasteiger partial charge on any atom is 0.276 e. The minimum Gasteiger partial charge on any atom is -0.328 e. The van der Waals surface area contributed by atoms with Crippen molar-refractivity contribution in [1.82, 2.24) is 29.8 Å². The first kappa shape index (κ1) is 14.5. The van der Waals surface area contributed by atoms with Gasteiger partial charge in [0.05, 0.1) is 18.9 Å². The van der Waals surface area contributed by atoms with Crippen molar-refractivity contribution in [2.24, 2.45) is 7.05 Å². The maximum absolute atomic E-state index is 12.5. The number of amides is 1. The van der Waals surface area contributed by atoms with E-state index in [1.807, 2.05) is 31.0 Å². The minimum absolute atomic E-state index is 0.141. The summed E-state index contributed by atoms with van der Waals surface area (Å²) in [6.07, 6.45) is 8.94. The highest BCUT2D eigenvalue weighted by Crippen LogP contribution is 2.16.